The van der Waals surface area contributed by atoms with Crippen molar-refractivity contribution in [3.05, 3.63) is 70.2 Å². The number of esters is 1. The van der Waals surface area contributed by atoms with Crippen LogP contribution in [0.4, 0.5) is 5.69 Å². The molecule has 9 heteroatoms. The molecule has 0 spiro atoms. The smallest absolute Gasteiger partial charge is 0.436 e. The number of nitrogens with zero attached hydrogens (tertiary/aromatic N) is 2. The van der Waals surface area contributed by atoms with Gasteiger partial charge in [0, 0.05) is 12.1 Å². The van der Waals surface area contributed by atoms with Gasteiger partial charge in [0.2, 0.25) is 5.69 Å². The number of hydrogen-bond donors (Lipinski definition) is 1. The second kappa shape index (κ2) is 8.21. The number of carbonyl (C=O) groups excluding carboxylic acids is 1. The highest BCUT2D eigenvalue weighted by Crippen LogP contribution is 2.15. The lowest BCUT2D eigenvalue weighted by atomic mass is 10.2. The maximum absolute atomic E-state index is 12.6. The Labute approximate surface area is 159 Å². The minimum Gasteiger partial charge on any atom is -0.854 e. The molecule has 28 heavy (non-hydrogen) atoms. The Morgan fingerprint density at radius 1 is 1.18 bits per heavy atom. The third-order valence-electron chi connectivity index (χ3n) is 3.79. The fourth-order valence-electron chi connectivity index (χ4n) is 2.43. The van der Waals surface area contributed by atoms with Crippen LogP contribution in [-0.2, 0) is 4.74 Å². The lowest BCUT2D eigenvalue weighted by Gasteiger charge is -2.05. The average Bonchev–Trinajstić information content (AvgIpc) is 3.10. The van der Waals surface area contributed by atoms with Gasteiger partial charge in [-0.05, 0) is 53.3 Å². The average molecular weight is 383 g/mol. The first-order valence-electron chi connectivity index (χ1n) is 8.34. The number of aliphatic imine (C=N–C) groups is 1. The highest BCUT2D eigenvalue weighted by Gasteiger charge is 2.24. The van der Waals surface area contributed by atoms with Gasteiger partial charge < -0.3 is 14.6 Å². The van der Waals surface area contributed by atoms with Gasteiger partial charge in [-0.15, -0.1) is 0 Å². The molecule has 0 fully saturated rings. The second-order valence-corrected chi connectivity index (χ2v) is 5.55. The number of hydrogen-bond acceptors (Lipinski definition) is 7. The van der Waals surface area contributed by atoms with E-state index in [4.69, 9.17) is 14.0 Å². The van der Waals surface area contributed by atoms with Gasteiger partial charge in [-0.1, -0.05) is 0 Å². The van der Waals surface area contributed by atoms with Crippen molar-refractivity contribution in [3.63, 3.8) is 0 Å². The fourth-order valence-corrected chi connectivity index (χ4v) is 2.43. The highest BCUT2D eigenvalue weighted by molar-refractivity contribution is 5.91. The third kappa shape index (κ3) is 3.93. The molecule has 1 N–H and O–H groups in total. The first kappa shape index (κ1) is 18.9. The van der Waals surface area contributed by atoms with Crippen LogP contribution in [0.5, 0.6) is 5.75 Å². The predicted octanol–water partition coefficient (Wildman–Crippen LogP) is 0.868. The van der Waals surface area contributed by atoms with E-state index in [-0.39, 0.29) is 18.0 Å². The number of nitrogens with one attached hydrogen (secondary N) is 1. The maximum Gasteiger partial charge on any atom is 0.436 e. The molecule has 3 rings (SSSR count). The molecule has 1 heterocycles. The number of H-pyrrole nitrogens is 1. The van der Waals surface area contributed by atoms with Crippen LogP contribution < -0.4 is 20.2 Å². The zero-order valence-corrected chi connectivity index (χ0v) is 15.2. The summed E-state index contributed by atoms with van der Waals surface area (Å²) in [4.78, 5) is 27.6. The SMILES string of the molecule is CCOC(=O)c1ccc(N=C([O-])c2c(=O)o[nH][n+]2-c2ccc(OC)cc2)cc1. The molecule has 3 aromatic rings. The van der Waals surface area contributed by atoms with Crippen LogP contribution >= 0.6 is 0 Å². The summed E-state index contributed by atoms with van der Waals surface area (Å²) in [5, 5.41) is 14.9. The molecule has 0 aliphatic carbocycles. The van der Waals surface area contributed by atoms with E-state index in [1.807, 2.05) is 0 Å². The van der Waals surface area contributed by atoms with Crippen molar-refractivity contribution in [1.29, 1.82) is 0 Å². The topological polar surface area (TPSA) is 121 Å². The minimum atomic E-state index is -0.854. The molecule has 0 unspecified atom stereocenters. The predicted molar refractivity (Wildman–Crippen MR) is 96.0 cm³/mol. The van der Waals surface area contributed by atoms with E-state index in [2.05, 4.69) is 10.3 Å². The van der Waals surface area contributed by atoms with Crippen molar-refractivity contribution < 1.29 is 28.6 Å². The number of carbonyl (C=O) groups is 1. The van der Waals surface area contributed by atoms with Crippen molar-refractivity contribution in [2.24, 2.45) is 4.99 Å². The molecule has 144 valence electrons. The fraction of sp³-hybridized carbons (Fsp3) is 0.158. The first-order valence-corrected chi connectivity index (χ1v) is 8.34. The summed E-state index contributed by atoms with van der Waals surface area (Å²) in [6.45, 7) is 1.97. The molecule has 0 aliphatic heterocycles. The minimum absolute atomic E-state index is 0.262. The molecule has 0 saturated carbocycles. The van der Waals surface area contributed by atoms with E-state index >= 15 is 0 Å². The van der Waals surface area contributed by atoms with Crippen LogP contribution in [0.2, 0.25) is 0 Å². The largest absolute Gasteiger partial charge is 0.854 e. The van der Waals surface area contributed by atoms with Gasteiger partial charge in [0.15, 0.2) is 0 Å². The number of aromatic amines is 1. The molecular weight excluding hydrogens is 366 g/mol. The third-order valence-corrected chi connectivity index (χ3v) is 3.79. The molecule has 0 aliphatic rings. The van der Waals surface area contributed by atoms with Crippen LogP contribution in [0.1, 0.15) is 23.0 Å². The van der Waals surface area contributed by atoms with Gasteiger partial charge in [0.25, 0.3) is 0 Å². The molecule has 0 saturated heterocycles. The van der Waals surface area contributed by atoms with E-state index in [9.17, 15) is 14.7 Å². The number of methoxy groups -OCH3 is 1. The first-order chi connectivity index (χ1) is 13.5. The summed E-state index contributed by atoms with van der Waals surface area (Å²) in [6, 6.07) is 12.6. The number of aromatic nitrogens is 2. The van der Waals surface area contributed by atoms with Gasteiger partial charge in [-0.3, -0.25) is 9.52 Å². The van der Waals surface area contributed by atoms with Gasteiger partial charge in [0.1, 0.15) is 5.75 Å². The Morgan fingerprint density at radius 3 is 2.46 bits per heavy atom. The zero-order valence-electron chi connectivity index (χ0n) is 15.2. The Bertz CT molecular complexity index is 1050. The standard InChI is InChI=1S/C19H17N3O6/c1-3-27-18(24)12-4-6-13(7-5-12)20-17(23)16-19(25)28-21-22(16)14-8-10-15(26-2)11-9-14/h4-11H,3H2,1-2H3,(H-,20,21,23,24,25). The number of rotatable bonds is 6. The van der Waals surface area contributed by atoms with Crippen molar-refractivity contribution in [2.45, 2.75) is 6.92 Å². The van der Waals surface area contributed by atoms with Gasteiger partial charge >= 0.3 is 17.3 Å². The van der Waals surface area contributed by atoms with E-state index in [0.717, 1.165) is 0 Å². The number of benzene rings is 2. The monoisotopic (exact) mass is 383 g/mol. The quantitative estimate of drug-likeness (QED) is 0.292. The van der Waals surface area contributed by atoms with Crippen LogP contribution in [0.15, 0.2) is 62.8 Å². The molecular formula is C19H17N3O6. The van der Waals surface area contributed by atoms with E-state index in [0.29, 0.717) is 17.0 Å². The van der Waals surface area contributed by atoms with Crippen LogP contribution in [0, 0.1) is 0 Å². The summed E-state index contributed by atoms with van der Waals surface area (Å²) in [5.41, 5.74) is -0.0437. The van der Waals surface area contributed by atoms with E-state index in [1.165, 1.54) is 36.1 Å². The summed E-state index contributed by atoms with van der Waals surface area (Å²) in [5.74, 6) is -0.645. The summed E-state index contributed by atoms with van der Waals surface area (Å²) >= 11 is 0. The molecule has 0 radical (unpaired) electrons. The van der Waals surface area contributed by atoms with Gasteiger partial charge in [-0.25, -0.2) is 9.59 Å². The van der Waals surface area contributed by atoms with Gasteiger partial charge in [-0.2, -0.15) is 0 Å². The Balaban J connectivity index is 1.92. The second-order valence-electron chi connectivity index (χ2n) is 5.55. The summed E-state index contributed by atoms with van der Waals surface area (Å²) in [7, 11) is 1.53. The molecule has 0 amide bonds. The summed E-state index contributed by atoms with van der Waals surface area (Å²) in [6.07, 6.45) is 0. The molecule has 0 atom stereocenters. The Morgan fingerprint density at radius 2 is 1.86 bits per heavy atom. The van der Waals surface area contributed by atoms with Crippen molar-refractivity contribution >= 4 is 17.6 Å². The lowest BCUT2D eigenvalue weighted by molar-refractivity contribution is -0.673. The molecule has 0 bridgehead atoms. The van der Waals surface area contributed by atoms with E-state index in [1.54, 1.807) is 31.2 Å². The van der Waals surface area contributed by atoms with Crippen LogP contribution in [0.3, 0.4) is 0 Å². The van der Waals surface area contributed by atoms with Crippen molar-refractivity contribution in [3.8, 4) is 11.4 Å². The van der Waals surface area contributed by atoms with Gasteiger partial charge in [0.05, 0.1) is 30.9 Å². The van der Waals surface area contributed by atoms with Crippen LogP contribution in [-0.4, -0.2) is 30.9 Å². The Hall–Kier alpha value is -3.88. The molecule has 2 aromatic carbocycles. The van der Waals surface area contributed by atoms with Crippen molar-refractivity contribution in [2.75, 3.05) is 13.7 Å². The lowest BCUT2D eigenvalue weighted by Crippen LogP contribution is -2.44. The van der Waals surface area contributed by atoms with Crippen LogP contribution in [0.25, 0.3) is 5.69 Å². The van der Waals surface area contributed by atoms with E-state index < -0.39 is 17.5 Å². The normalized spacial score (nSPS) is 11.3. The molecule has 1 aromatic heterocycles. The zero-order chi connectivity index (χ0) is 20.1. The number of ether oxygens (including phenoxy) is 2. The highest BCUT2D eigenvalue weighted by atomic mass is 16.5. The maximum atomic E-state index is 12.6. The van der Waals surface area contributed by atoms with Crippen molar-refractivity contribution in [1.82, 2.24) is 5.27 Å². The molecule has 9 nitrogen and oxygen atoms in total. The Kier molecular flexibility index (Phi) is 5.54. The summed E-state index contributed by atoms with van der Waals surface area (Å²) < 4.78 is 15.9.